The highest BCUT2D eigenvalue weighted by atomic mass is 16.3. The zero-order chi connectivity index (χ0) is 19.5. The van der Waals surface area contributed by atoms with Gasteiger partial charge in [-0.3, -0.25) is 0 Å². The van der Waals surface area contributed by atoms with Crippen LogP contribution in [0.1, 0.15) is 59.3 Å². The molecule has 0 unspecified atom stereocenters. The van der Waals surface area contributed by atoms with Crippen LogP contribution in [0, 0.1) is 28.1 Å². The van der Waals surface area contributed by atoms with Crippen LogP contribution in [-0.4, -0.2) is 67.8 Å². The Kier molecular flexibility index (Phi) is 5.04. The van der Waals surface area contributed by atoms with Gasteiger partial charge in [0.1, 0.15) is 0 Å². The molecule has 0 bridgehead atoms. The molecule has 152 valence electrons. The minimum atomic E-state index is -1.33. The van der Waals surface area contributed by atoms with E-state index < -0.39 is 34.7 Å². The van der Waals surface area contributed by atoms with Crippen molar-refractivity contribution in [3.63, 3.8) is 0 Å². The summed E-state index contributed by atoms with van der Waals surface area (Å²) in [4.78, 5) is 0. The highest BCUT2D eigenvalue weighted by Gasteiger charge is 2.67. The second kappa shape index (κ2) is 6.39. The van der Waals surface area contributed by atoms with Gasteiger partial charge in [-0.2, -0.15) is 0 Å². The van der Waals surface area contributed by atoms with Crippen molar-refractivity contribution < 1.29 is 30.6 Å². The molecular weight excluding hydrogens is 336 g/mol. The Morgan fingerprint density at radius 2 is 1.62 bits per heavy atom. The van der Waals surface area contributed by atoms with E-state index >= 15 is 0 Å². The summed E-state index contributed by atoms with van der Waals surface area (Å²) in [5.41, 5.74) is -2.96. The van der Waals surface area contributed by atoms with Crippen molar-refractivity contribution in [1.82, 2.24) is 0 Å². The summed E-state index contributed by atoms with van der Waals surface area (Å²) in [6.45, 7) is 5.38. The molecule has 0 aromatic heterocycles. The Balaban J connectivity index is 1.99. The van der Waals surface area contributed by atoms with Gasteiger partial charge in [-0.1, -0.05) is 20.8 Å². The molecule has 3 saturated carbocycles. The summed E-state index contributed by atoms with van der Waals surface area (Å²) in [6, 6.07) is 0. The summed E-state index contributed by atoms with van der Waals surface area (Å²) >= 11 is 0. The van der Waals surface area contributed by atoms with Crippen LogP contribution < -0.4 is 0 Å². The number of rotatable bonds is 3. The lowest BCUT2D eigenvalue weighted by molar-refractivity contribution is -0.277. The van der Waals surface area contributed by atoms with E-state index in [9.17, 15) is 30.6 Å². The average Bonchev–Trinajstić information content (AvgIpc) is 2.60. The molecule has 0 aliphatic heterocycles. The molecule has 3 aliphatic rings. The quantitative estimate of drug-likeness (QED) is 0.427. The van der Waals surface area contributed by atoms with Crippen molar-refractivity contribution in [2.75, 3.05) is 13.2 Å². The third-order valence-corrected chi connectivity index (χ3v) is 8.75. The molecule has 3 fully saturated rings. The summed E-state index contributed by atoms with van der Waals surface area (Å²) in [7, 11) is 0. The second-order valence-electron chi connectivity index (χ2n) is 10.1. The molecule has 3 rings (SSSR count). The lowest BCUT2D eigenvalue weighted by Crippen LogP contribution is -2.70. The van der Waals surface area contributed by atoms with Crippen LogP contribution >= 0.6 is 0 Å². The molecule has 0 spiro atoms. The van der Waals surface area contributed by atoms with Crippen molar-refractivity contribution >= 4 is 0 Å². The van der Waals surface area contributed by atoms with Gasteiger partial charge in [0.2, 0.25) is 0 Å². The van der Waals surface area contributed by atoms with Gasteiger partial charge in [0, 0.05) is 5.41 Å². The van der Waals surface area contributed by atoms with Gasteiger partial charge >= 0.3 is 0 Å². The fourth-order valence-corrected chi connectivity index (χ4v) is 6.87. The van der Waals surface area contributed by atoms with Crippen LogP contribution in [0.5, 0.6) is 0 Å². The van der Waals surface area contributed by atoms with Crippen molar-refractivity contribution in [3.8, 4) is 0 Å². The lowest BCUT2D eigenvalue weighted by atomic mass is 9.40. The zero-order valence-electron chi connectivity index (χ0n) is 16.2. The molecule has 0 heterocycles. The predicted molar refractivity (Wildman–Crippen MR) is 96.1 cm³/mol. The number of aliphatic hydroxyl groups is 6. The molecule has 0 amide bonds. The van der Waals surface area contributed by atoms with E-state index in [-0.39, 0.29) is 36.9 Å². The van der Waals surface area contributed by atoms with Gasteiger partial charge in [-0.05, 0) is 61.2 Å². The second-order valence-corrected chi connectivity index (χ2v) is 10.1. The molecule has 6 nitrogen and oxygen atoms in total. The van der Waals surface area contributed by atoms with Crippen LogP contribution in [0.25, 0.3) is 0 Å². The highest BCUT2D eigenvalue weighted by Crippen LogP contribution is 2.66. The number of hydrogen-bond acceptors (Lipinski definition) is 6. The molecule has 0 aromatic carbocycles. The molecule has 3 aliphatic carbocycles. The first-order valence-electron chi connectivity index (χ1n) is 9.96. The third kappa shape index (κ3) is 2.60. The molecule has 0 radical (unpaired) electrons. The first-order chi connectivity index (χ1) is 12.0. The van der Waals surface area contributed by atoms with E-state index in [1.54, 1.807) is 0 Å². The average molecular weight is 373 g/mol. The molecular formula is C20H36O6. The van der Waals surface area contributed by atoms with Crippen LogP contribution in [0.15, 0.2) is 0 Å². The summed E-state index contributed by atoms with van der Waals surface area (Å²) in [5.74, 6) is -0.253. The zero-order valence-corrected chi connectivity index (χ0v) is 16.2. The van der Waals surface area contributed by atoms with Crippen molar-refractivity contribution in [2.45, 2.75) is 83.2 Å². The predicted octanol–water partition coefficient (Wildman–Crippen LogP) is 0.417. The SMILES string of the molecule is C[C@@]1([C@H](O)CO)CC[C@H]2[C@]3(C)CC[C@H](O)[C@](C)(CO)[C@H]3C[C@H](O)[C@]2(O)C1. The van der Waals surface area contributed by atoms with E-state index in [1.807, 2.05) is 13.8 Å². The van der Waals surface area contributed by atoms with E-state index in [0.29, 0.717) is 25.7 Å². The highest BCUT2D eigenvalue weighted by molar-refractivity contribution is 5.17. The lowest BCUT2D eigenvalue weighted by Gasteiger charge is -2.67. The summed E-state index contributed by atoms with van der Waals surface area (Å²) < 4.78 is 0. The number of aliphatic hydroxyl groups excluding tert-OH is 5. The summed E-state index contributed by atoms with van der Waals surface area (Å²) in [5, 5.41) is 62.8. The van der Waals surface area contributed by atoms with Crippen LogP contribution in [0.3, 0.4) is 0 Å². The summed E-state index contributed by atoms with van der Waals surface area (Å²) in [6.07, 6.45) is 0.664. The molecule has 6 heteroatoms. The van der Waals surface area contributed by atoms with Gasteiger partial charge in [0.15, 0.2) is 0 Å². The van der Waals surface area contributed by atoms with E-state index in [1.165, 1.54) is 0 Å². The Morgan fingerprint density at radius 1 is 0.962 bits per heavy atom. The minimum absolute atomic E-state index is 0.0869. The molecule has 26 heavy (non-hydrogen) atoms. The minimum Gasteiger partial charge on any atom is -0.396 e. The first-order valence-corrected chi connectivity index (χ1v) is 9.96. The maximum Gasteiger partial charge on any atom is 0.0944 e. The van der Waals surface area contributed by atoms with Crippen LogP contribution in [0.2, 0.25) is 0 Å². The number of hydrogen-bond donors (Lipinski definition) is 6. The van der Waals surface area contributed by atoms with Gasteiger partial charge in [0.05, 0.1) is 37.1 Å². The standard InChI is InChI=1S/C20H36O6/c1-17(16(25)9-21)6-4-12-18(2)7-5-14(23)19(3,11-22)13(18)8-15(24)20(12,26)10-17/h12-16,21-26H,4-11H2,1-3H3/t12-,13-,14-,15-,16+,17+,18-,19+,20-/m0/s1. The Hall–Kier alpha value is -0.240. The van der Waals surface area contributed by atoms with Gasteiger partial charge in [-0.25, -0.2) is 0 Å². The van der Waals surface area contributed by atoms with Crippen molar-refractivity contribution in [1.29, 1.82) is 0 Å². The molecule has 6 N–H and O–H groups in total. The molecule has 0 aromatic rings. The monoisotopic (exact) mass is 372 g/mol. The van der Waals surface area contributed by atoms with E-state index in [0.717, 1.165) is 6.42 Å². The third-order valence-electron chi connectivity index (χ3n) is 8.75. The van der Waals surface area contributed by atoms with Gasteiger partial charge in [-0.15, -0.1) is 0 Å². The van der Waals surface area contributed by atoms with Crippen LogP contribution in [-0.2, 0) is 0 Å². The Labute approximate surface area is 155 Å². The first kappa shape index (κ1) is 20.5. The fourth-order valence-electron chi connectivity index (χ4n) is 6.87. The van der Waals surface area contributed by atoms with Crippen LogP contribution in [0.4, 0.5) is 0 Å². The van der Waals surface area contributed by atoms with Crippen molar-refractivity contribution in [2.24, 2.45) is 28.1 Å². The topological polar surface area (TPSA) is 121 Å². The largest absolute Gasteiger partial charge is 0.396 e. The van der Waals surface area contributed by atoms with E-state index in [2.05, 4.69) is 6.92 Å². The Bertz CT molecular complexity index is 542. The fraction of sp³-hybridized carbons (Fsp3) is 1.00. The normalized spacial score (nSPS) is 55.7. The maximum absolute atomic E-state index is 11.6. The number of fused-ring (bicyclic) bond motifs is 3. The van der Waals surface area contributed by atoms with E-state index in [4.69, 9.17) is 0 Å². The smallest absolute Gasteiger partial charge is 0.0944 e. The van der Waals surface area contributed by atoms with Crippen molar-refractivity contribution in [3.05, 3.63) is 0 Å². The molecule has 0 saturated heterocycles. The molecule has 9 atom stereocenters. The van der Waals surface area contributed by atoms with Gasteiger partial charge < -0.3 is 30.6 Å². The maximum atomic E-state index is 11.6. The Morgan fingerprint density at radius 3 is 2.19 bits per heavy atom. The van der Waals surface area contributed by atoms with Gasteiger partial charge in [0.25, 0.3) is 0 Å².